The van der Waals surface area contributed by atoms with E-state index in [1.807, 2.05) is 44.2 Å². The van der Waals surface area contributed by atoms with Gasteiger partial charge in [-0.3, -0.25) is 0 Å². The van der Waals surface area contributed by atoms with Gasteiger partial charge >= 0.3 is 0 Å². The maximum Gasteiger partial charge on any atom is 0.138 e. The molecule has 0 unspecified atom stereocenters. The highest BCUT2D eigenvalue weighted by atomic mass is 16.5. The van der Waals surface area contributed by atoms with Gasteiger partial charge in [-0.05, 0) is 30.7 Å². The number of rotatable bonds is 4. The maximum absolute atomic E-state index is 10.1. The average Bonchev–Trinajstić information content (AvgIpc) is 2.81. The number of nitrogens with zero attached hydrogens (tertiary/aromatic N) is 1. The Morgan fingerprint density at radius 3 is 2.57 bits per heavy atom. The molecule has 21 heavy (non-hydrogen) atoms. The van der Waals surface area contributed by atoms with Crippen molar-refractivity contribution in [1.29, 1.82) is 0 Å². The third-order valence-corrected chi connectivity index (χ3v) is 3.80. The number of aryl methyl sites for hydroxylation is 2. The number of hydrogen-bond acceptors (Lipinski definition) is 4. The van der Waals surface area contributed by atoms with Crippen molar-refractivity contribution in [2.24, 2.45) is 0 Å². The number of hydrogen-bond donors (Lipinski definition) is 2. The Bertz CT molecular complexity index is 758. The van der Waals surface area contributed by atoms with E-state index in [1.54, 1.807) is 6.07 Å². The molecule has 2 aromatic carbocycles. The SMILES string of the molecule is Cc1noc(C)c1CNCc1c(O)ccc2ccccc12. The van der Waals surface area contributed by atoms with Crippen LogP contribution in [0, 0.1) is 13.8 Å². The smallest absolute Gasteiger partial charge is 0.138 e. The molecule has 0 aliphatic heterocycles. The van der Waals surface area contributed by atoms with Crippen LogP contribution >= 0.6 is 0 Å². The van der Waals surface area contributed by atoms with E-state index in [-0.39, 0.29) is 0 Å². The fourth-order valence-corrected chi connectivity index (χ4v) is 2.58. The zero-order chi connectivity index (χ0) is 14.8. The second kappa shape index (κ2) is 5.58. The van der Waals surface area contributed by atoms with E-state index >= 15 is 0 Å². The number of aromatic nitrogens is 1. The summed E-state index contributed by atoms with van der Waals surface area (Å²) in [5.41, 5.74) is 2.90. The molecule has 3 aromatic rings. The summed E-state index contributed by atoms with van der Waals surface area (Å²) in [7, 11) is 0. The summed E-state index contributed by atoms with van der Waals surface area (Å²) in [6.45, 7) is 5.11. The van der Waals surface area contributed by atoms with Crippen LogP contribution in [0.2, 0.25) is 0 Å². The number of nitrogens with one attached hydrogen (secondary N) is 1. The molecule has 0 amide bonds. The van der Waals surface area contributed by atoms with Gasteiger partial charge in [0.05, 0.1) is 5.69 Å². The zero-order valence-electron chi connectivity index (χ0n) is 12.2. The lowest BCUT2D eigenvalue weighted by atomic mass is 10.0. The lowest BCUT2D eigenvalue weighted by Crippen LogP contribution is -2.14. The molecule has 0 saturated carbocycles. The molecule has 0 aliphatic rings. The van der Waals surface area contributed by atoms with Gasteiger partial charge in [0, 0.05) is 24.2 Å². The number of benzene rings is 2. The van der Waals surface area contributed by atoms with Crippen molar-refractivity contribution in [2.45, 2.75) is 26.9 Å². The fraction of sp³-hybridized carbons (Fsp3) is 0.235. The van der Waals surface area contributed by atoms with Gasteiger partial charge in [0.15, 0.2) is 0 Å². The van der Waals surface area contributed by atoms with Gasteiger partial charge in [0.1, 0.15) is 11.5 Å². The summed E-state index contributed by atoms with van der Waals surface area (Å²) < 4.78 is 5.15. The summed E-state index contributed by atoms with van der Waals surface area (Å²) in [6.07, 6.45) is 0. The summed E-state index contributed by atoms with van der Waals surface area (Å²) in [6, 6.07) is 11.7. The normalized spacial score (nSPS) is 11.1. The lowest BCUT2D eigenvalue weighted by molar-refractivity contribution is 0.392. The van der Waals surface area contributed by atoms with Crippen LogP contribution < -0.4 is 5.32 Å². The molecule has 0 bridgehead atoms. The Balaban J connectivity index is 1.81. The highest BCUT2D eigenvalue weighted by Crippen LogP contribution is 2.27. The van der Waals surface area contributed by atoms with E-state index in [9.17, 15) is 5.11 Å². The summed E-state index contributed by atoms with van der Waals surface area (Å²) in [4.78, 5) is 0. The molecule has 0 radical (unpaired) electrons. The molecule has 3 rings (SSSR count). The van der Waals surface area contributed by atoms with E-state index in [0.717, 1.165) is 33.4 Å². The van der Waals surface area contributed by atoms with Crippen molar-refractivity contribution in [1.82, 2.24) is 10.5 Å². The predicted molar refractivity (Wildman–Crippen MR) is 82.1 cm³/mol. The number of aromatic hydroxyl groups is 1. The highest BCUT2D eigenvalue weighted by Gasteiger charge is 2.10. The van der Waals surface area contributed by atoms with Crippen LogP contribution in [0.4, 0.5) is 0 Å². The molecule has 1 heterocycles. The van der Waals surface area contributed by atoms with Crippen molar-refractivity contribution in [3.8, 4) is 5.75 Å². The van der Waals surface area contributed by atoms with Crippen LogP contribution in [0.5, 0.6) is 5.75 Å². The van der Waals surface area contributed by atoms with Crippen molar-refractivity contribution < 1.29 is 9.63 Å². The predicted octanol–water partition coefficient (Wildman–Crippen LogP) is 3.44. The third-order valence-electron chi connectivity index (χ3n) is 3.80. The Kier molecular flexibility index (Phi) is 3.62. The van der Waals surface area contributed by atoms with Gasteiger partial charge in [0.2, 0.25) is 0 Å². The van der Waals surface area contributed by atoms with Gasteiger partial charge in [-0.1, -0.05) is 35.5 Å². The molecule has 0 fully saturated rings. The number of phenols is 1. The second-order valence-electron chi connectivity index (χ2n) is 5.19. The molecular formula is C17H18N2O2. The summed E-state index contributed by atoms with van der Waals surface area (Å²) in [5, 5.41) is 19.6. The third kappa shape index (κ3) is 2.62. The fourth-order valence-electron chi connectivity index (χ4n) is 2.58. The topological polar surface area (TPSA) is 58.3 Å². The minimum Gasteiger partial charge on any atom is -0.508 e. The van der Waals surface area contributed by atoms with Crippen LogP contribution in [0.25, 0.3) is 10.8 Å². The maximum atomic E-state index is 10.1. The van der Waals surface area contributed by atoms with Gasteiger partial charge in [-0.15, -0.1) is 0 Å². The van der Waals surface area contributed by atoms with Gasteiger partial charge < -0.3 is 14.9 Å². The minimum absolute atomic E-state index is 0.319. The lowest BCUT2D eigenvalue weighted by Gasteiger charge is -2.10. The Labute approximate surface area is 123 Å². The van der Waals surface area contributed by atoms with E-state index in [2.05, 4.69) is 10.5 Å². The van der Waals surface area contributed by atoms with Gasteiger partial charge in [-0.25, -0.2) is 0 Å². The van der Waals surface area contributed by atoms with E-state index in [0.29, 0.717) is 18.8 Å². The zero-order valence-corrected chi connectivity index (χ0v) is 12.2. The molecule has 0 saturated heterocycles. The molecule has 108 valence electrons. The van der Waals surface area contributed by atoms with Crippen molar-refractivity contribution in [3.63, 3.8) is 0 Å². The van der Waals surface area contributed by atoms with Crippen LogP contribution in [0.3, 0.4) is 0 Å². The van der Waals surface area contributed by atoms with Crippen molar-refractivity contribution >= 4 is 10.8 Å². The Hall–Kier alpha value is -2.33. The van der Waals surface area contributed by atoms with E-state index in [4.69, 9.17) is 4.52 Å². The average molecular weight is 282 g/mol. The van der Waals surface area contributed by atoms with Crippen LogP contribution in [0.1, 0.15) is 22.6 Å². The molecule has 2 N–H and O–H groups in total. The molecule has 0 atom stereocenters. The summed E-state index contributed by atoms with van der Waals surface area (Å²) >= 11 is 0. The first-order chi connectivity index (χ1) is 10.2. The molecular weight excluding hydrogens is 264 g/mol. The molecule has 4 heteroatoms. The highest BCUT2D eigenvalue weighted by molar-refractivity contribution is 5.87. The Morgan fingerprint density at radius 1 is 1.05 bits per heavy atom. The summed E-state index contributed by atoms with van der Waals surface area (Å²) in [5.74, 6) is 1.15. The molecule has 0 spiro atoms. The van der Waals surface area contributed by atoms with Crippen molar-refractivity contribution in [2.75, 3.05) is 0 Å². The van der Waals surface area contributed by atoms with Crippen LogP contribution in [-0.2, 0) is 13.1 Å². The first kappa shape index (κ1) is 13.6. The minimum atomic E-state index is 0.319. The largest absolute Gasteiger partial charge is 0.508 e. The van der Waals surface area contributed by atoms with Crippen LogP contribution in [-0.4, -0.2) is 10.3 Å². The van der Waals surface area contributed by atoms with Crippen LogP contribution in [0.15, 0.2) is 40.9 Å². The number of phenolic OH excluding ortho intramolecular Hbond substituents is 1. The Morgan fingerprint density at radius 2 is 1.81 bits per heavy atom. The first-order valence-corrected chi connectivity index (χ1v) is 6.99. The number of fused-ring (bicyclic) bond motifs is 1. The molecule has 1 aromatic heterocycles. The standard InChI is InChI=1S/C17H18N2O2/c1-11-15(12(2)21-19-11)9-18-10-16-14-6-4-3-5-13(14)7-8-17(16)20/h3-8,18,20H,9-10H2,1-2H3. The molecule has 0 aliphatic carbocycles. The van der Waals surface area contributed by atoms with Gasteiger partial charge in [-0.2, -0.15) is 0 Å². The first-order valence-electron chi connectivity index (χ1n) is 6.99. The quantitative estimate of drug-likeness (QED) is 0.769. The molecule has 4 nitrogen and oxygen atoms in total. The monoisotopic (exact) mass is 282 g/mol. The van der Waals surface area contributed by atoms with Crippen molar-refractivity contribution in [3.05, 3.63) is 59.0 Å². The van der Waals surface area contributed by atoms with E-state index in [1.165, 1.54) is 0 Å². The van der Waals surface area contributed by atoms with E-state index < -0.39 is 0 Å². The van der Waals surface area contributed by atoms with Gasteiger partial charge in [0.25, 0.3) is 0 Å². The second-order valence-corrected chi connectivity index (χ2v) is 5.19.